The standard InChI is InChI=1S/C15H16ClN5O/c16-15-19-5-4-13(17)21(15)14(18)11-2-1-3-12(10-11)20-6-8-22-9-7-20/h1-5,10,17-18H,6-9H2. The highest BCUT2D eigenvalue weighted by molar-refractivity contribution is 6.29. The predicted molar refractivity (Wildman–Crippen MR) is 84.8 cm³/mol. The van der Waals surface area contributed by atoms with E-state index < -0.39 is 0 Å². The summed E-state index contributed by atoms with van der Waals surface area (Å²) in [6.45, 7) is 3.09. The van der Waals surface area contributed by atoms with Gasteiger partial charge in [-0.15, -0.1) is 0 Å². The number of nitrogens with one attached hydrogen (secondary N) is 2. The molecule has 0 spiro atoms. The highest BCUT2D eigenvalue weighted by Crippen LogP contribution is 2.18. The first kappa shape index (κ1) is 14.7. The quantitative estimate of drug-likeness (QED) is 0.503. The van der Waals surface area contributed by atoms with Gasteiger partial charge in [0.15, 0.2) is 0 Å². The lowest BCUT2D eigenvalue weighted by Crippen LogP contribution is -2.36. The van der Waals surface area contributed by atoms with E-state index in [1.165, 1.54) is 16.8 Å². The molecule has 3 rings (SSSR count). The fraction of sp³-hybridized carbons (Fsp3) is 0.267. The van der Waals surface area contributed by atoms with E-state index in [0.29, 0.717) is 18.8 Å². The number of rotatable bonds is 2. The van der Waals surface area contributed by atoms with Crippen LogP contribution in [-0.4, -0.2) is 41.7 Å². The van der Waals surface area contributed by atoms with Crippen LogP contribution >= 0.6 is 11.6 Å². The molecule has 1 aromatic carbocycles. The van der Waals surface area contributed by atoms with Gasteiger partial charge < -0.3 is 9.64 Å². The Hall–Kier alpha value is -2.18. The maximum atomic E-state index is 8.34. The van der Waals surface area contributed by atoms with Crippen LogP contribution in [0.4, 0.5) is 5.69 Å². The van der Waals surface area contributed by atoms with E-state index in [1.807, 2.05) is 24.3 Å². The van der Waals surface area contributed by atoms with Gasteiger partial charge in [0, 0.05) is 30.5 Å². The van der Waals surface area contributed by atoms with E-state index in [0.717, 1.165) is 18.8 Å². The highest BCUT2D eigenvalue weighted by Gasteiger charge is 2.14. The number of benzene rings is 1. The number of hydrogen-bond donors (Lipinski definition) is 2. The molecule has 2 heterocycles. The molecule has 1 fully saturated rings. The van der Waals surface area contributed by atoms with Crippen LogP contribution in [0, 0.1) is 10.8 Å². The van der Waals surface area contributed by atoms with Crippen molar-refractivity contribution >= 4 is 23.1 Å². The molecule has 0 amide bonds. The lowest BCUT2D eigenvalue weighted by atomic mass is 10.1. The van der Waals surface area contributed by atoms with Crippen molar-refractivity contribution in [2.24, 2.45) is 0 Å². The first-order valence-corrected chi connectivity index (χ1v) is 7.35. The van der Waals surface area contributed by atoms with Crippen molar-refractivity contribution in [3.63, 3.8) is 0 Å². The normalized spacial score (nSPS) is 14.9. The lowest BCUT2D eigenvalue weighted by molar-refractivity contribution is 0.122. The zero-order chi connectivity index (χ0) is 15.5. The van der Waals surface area contributed by atoms with Crippen molar-refractivity contribution in [3.05, 3.63) is 52.9 Å². The first-order chi connectivity index (χ1) is 10.7. The van der Waals surface area contributed by atoms with Crippen LogP contribution in [0.25, 0.3) is 0 Å². The Morgan fingerprint density at radius 2 is 2.00 bits per heavy atom. The summed E-state index contributed by atoms with van der Waals surface area (Å²) >= 11 is 6.03. The molecule has 6 nitrogen and oxygen atoms in total. The number of hydrogen-bond acceptors (Lipinski definition) is 5. The third-order valence-corrected chi connectivity index (χ3v) is 3.82. The second-order valence-electron chi connectivity index (χ2n) is 4.93. The van der Waals surface area contributed by atoms with Crippen LogP contribution in [0.1, 0.15) is 5.56 Å². The van der Waals surface area contributed by atoms with Crippen molar-refractivity contribution in [2.75, 3.05) is 31.2 Å². The van der Waals surface area contributed by atoms with E-state index in [-0.39, 0.29) is 16.6 Å². The second-order valence-corrected chi connectivity index (χ2v) is 5.27. The predicted octanol–water partition coefficient (Wildman–Crippen LogP) is 1.73. The maximum Gasteiger partial charge on any atom is 0.210 e. The van der Waals surface area contributed by atoms with Crippen LogP contribution in [0.15, 0.2) is 36.5 Å². The minimum absolute atomic E-state index is 0.106. The van der Waals surface area contributed by atoms with Crippen molar-refractivity contribution in [2.45, 2.75) is 0 Å². The molecule has 22 heavy (non-hydrogen) atoms. The third kappa shape index (κ3) is 2.88. The fourth-order valence-electron chi connectivity index (χ4n) is 2.41. The van der Waals surface area contributed by atoms with Crippen LogP contribution < -0.4 is 10.4 Å². The number of nitrogens with zero attached hydrogens (tertiary/aromatic N) is 3. The number of aromatic nitrogens is 2. The van der Waals surface area contributed by atoms with E-state index >= 15 is 0 Å². The average molecular weight is 318 g/mol. The molecule has 1 aromatic heterocycles. The minimum atomic E-state index is 0.106. The Morgan fingerprint density at radius 3 is 2.73 bits per heavy atom. The molecule has 0 saturated carbocycles. The summed E-state index contributed by atoms with van der Waals surface area (Å²) in [5, 5.41) is 16.4. The van der Waals surface area contributed by atoms with Gasteiger partial charge in [0.25, 0.3) is 0 Å². The van der Waals surface area contributed by atoms with Gasteiger partial charge in [-0.05, 0) is 29.8 Å². The van der Waals surface area contributed by atoms with Crippen LogP contribution in [0.2, 0.25) is 5.28 Å². The molecule has 0 aliphatic carbocycles. The summed E-state index contributed by atoms with van der Waals surface area (Å²) in [6.07, 6.45) is 1.46. The van der Waals surface area contributed by atoms with Gasteiger partial charge in [-0.25, -0.2) is 4.98 Å². The number of morpholine rings is 1. The lowest BCUT2D eigenvalue weighted by Gasteiger charge is -2.29. The third-order valence-electron chi connectivity index (χ3n) is 3.56. The van der Waals surface area contributed by atoms with Crippen molar-refractivity contribution in [3.8, 4) is 0 Å². The second kappa shape index (κ2) is 6.29. The molecule has 7 heteroatoms. The van der Waals surface area contributed by atoms with E-state index in [4.69, 9.17) is 27.2 Å². The van der Waals surface area contributed by atoms with Gasteiger partial charge in [0.1, 0.15) is 11.3 Å². The maximum absolute atomic E-state index is 8.34. The van der Waals surface area contributed by atoms with Gasteiger partial charge in [0.05, 0.1) is 13.2 Å². The Kier molecular flexibility index (Phi) is 4.22. The van der Waals surface area contributed by atoms with Crippen LogP contribution in [0.3, 0.4) is 0 Å². The summed E-state index contributed by atoms with van der Waals surface area (Å²) in [5.41, 5.74) is 1.86. The van der Waals surface area contributed by atoms with Gasteiger partial charge in [0.2, 0.25) is 5.28 Å². The van der Waals surface area contributed by atoms with Crippen molar-refractivity contribution in [1.29, 1.82) is 10.8 Å². The molecule has 2 aromatic rings. The van der Waals surface area contributed by atoms with Gasteiger partial charge in [-0.3, -0.25) is 15.4 Å². The molecule has 2 N–H and O–H groups in total. The molecule has 0 bridgehead atoms. The summed E-state index contributed by atoms with van der Waals surface area (Å²) in [5.74, 6) is 0.137. The number of halogens is 1. The average Bonchev–Trinajstić information content (AvgIpc) is 2.55. The summed E-state index contributed by atoms with van der Waals surface area (Å²) < 4.78 is 6.67. The van der Waals surface area contributed by atoms with Gasteiger partial charge in [-0.1, -0.05) is 12.1 Å². The fourth-order valence-corrected chi connectivity index (χ4v) is 2.65. The minimum Gasteiger partial charge on any atom is -0.378 e. The Balaban J connectivity index is 1.95. The Morgan fingerprint density at radius 1 is 1.23 bits per heavy atom. The topological polar surface area (TPSA) is 78.0 Å². The zero-order valence-corrected chi connectivity index (χ0v) is 12.7. The molecule has 114 valence electrons. The Labute approximate surface area is 133 Å². The largest absolute Gasteiger partial charge is 0.378 e. The van der Waals surface area contributed by atoms with Gasteiger partial charge >= 0.3 is 0 Å². The first-order valence-electron chi connectivity index (χ1n) is 6.97. The molecule has 1 aliphatic rings. The SMILES string of the molecule is N=C(c1cccc(N2CCOCC2)c1)n1c(Cl)nccc1=N. The summed E-state index contributed by atoms with van der Waals surface area (Å²) in [4.78, 5) is 6.16. The molecule has 0 atom stereocenters. The van der Waals surface area contributed by atoms with Gasteiger partial charge in [-0.2, -0.15) is 0 Å². The monoisotopic (exact) mass is 317 g/mol. The zero-order valence-electron chi connectivity index (χ0n) is 11.9. The summed E-state index contributed by atoms with van der Waals surface area (Å²) in [6, 6.07) is 9.19. The van der Waals surface area contributed by atoms with E-state index in [2.05, 4.69) is 9.88 Å². The molecule has 0 radical (unpaired) electrons. The highest BCUT2D eigenvalue weighted by atomic mass is 35.5. The van der Waals surface area contributed by atoms with Crippen LogP contribution in [-0.2, 0) is 4.74 Å². The molecule has 0 unspecified atom stereocenters. The van der Waals surface area contributed by atoms with Crippen molar-refractivity contribution in [1.82, 2.24) is 9.55 Å². The molecule has 1 aliphatic heterocycles. The number of anilines is 1. The van der Waals surface area contributed by atoms with Crippen LogP contribution in [0.5, 0.6) is 0 Å². The number of ether oxygens (including phenoxy) is 1. The van der Waals surface area contributed by atoms with E-state index in [9.17, 15) is 0 Å². The van der Waals surface area contributed by atoms with Crippen molar-refractivity contribution < 1.29 is 4.74 Å². The van der Waals surface area contributed by atoms with E-state index in [1.54, 1.807) is 0 Å². The molecule has 1 saturated heterocycles. The summed E-state index contributed by atoms with van der Waals surface area (Å²) in [7, 11) is 0. The Bertz CT molecular complexity index is 752. The molecular formula is C15H16ClN5O. The molecular weight excluding hydrogens is 302 g/mol. The smallest absolute Gasteiger partial charge is 0.210 e.